The maximum Gasteiger partial charge on any atom is 0.461 e. The summed E-state index contributed by atoms with van der Waals surface area (Å²) in [6.45, 7) is 0. The van der Waals surface area contributed by atoms with Crippen LogP contribution in [0.1, 0.15) is 23.1 Å². The van der Waals surface area contributed by atoms with E-state index in [4.69, 9.17) is 0 Å². The van der Waals surface area contributed by atoms with E-state index in [0.717, 1.165) is 31.4 Å². The molecule has 0 aromatic heterocycles. The van der Waals surface area contributed by atoms with Crippen LogP contribution in [0.3, 0.4) is 0 Å². The first-order valence-electron chi connectivity index (χ1n) is 12.2. The largest absolute Gasteiger partial charge is 0.469 e. The van der Waals surface area contributed by atoms with Crippen LogP contribution in [-0.2, 0) is 21.5 Å². The maximum atomic E-state index is 14.8. The molecule has 0 heterocycles. The van der Waals surface area contributed by atoms with Crippen molar-refractivity contribution in [1.29, 1.82) is 0 Å². The molecule has 0 aliphatic carbocycles. The fourth-order valence-electron chi connectivity index (χ4n) is 4.15. The zero-order valence-electron chi connectivity index (χ0n) is 22.0. The minimum Gasteiger partial charge on any atom is -0.469 e. The quantitative estimate of drug-likeness (QED) is 0.190. The summed E-state index contributed by atoms with van der Waals surface area (Å²) in [7, 11) is 0.830. The topological polar surface area (TPSA) is 76.7 Å². The molecule has 1 unspecified atom stereocenters. The highest BCUT2D eigenvalue weighted by atomic mass is 19.4. The van der Waals surface area contributed by atoms with Gasteiger partial charge in [0, 0.05) is 12.5 Å². The van der Waals surface area contributed by atoms with Gasteiger partial charge < -0.3 is 20.1 Å². The van der Waals surface area contributed by atoms with Gasteiger partial charge in [0.2, 0.25) is 0 Å². The van der Waals surface area contributed by atoms with Crippen molar-refractivity contribution in [2.75, 3.05) is 7.11 Å². The third kappa shape index (κ3) is 8.55. The fraction of sp³-hybridized carbons (Fsp3) is 0.286. The summed E-state index contributed by atoms with van der Waals surface area (Å²) in [5.41, 5.74) is -2.34. The van der Waals surface area contributed by atoms with Crippen LogP contribution >= 0.6 is 0 Å². The number of methoxy groups -OCH3 is 1. The number of esters is 1. The van der Waals surface area contributed by atoms with E-state index in [1.807, 2.05) is 0 Å². The van der Waals surface area contributed by atoms with E-state index in [-0.39, 0.29) is 5.56 Å². The van der Waals surface area contributed by atoms with Crippen LogP contribution in [0, 0.1) is 11.6 Å². The maximum absolute atomic E-state index is 14.8. The van der Waals surface area contributed by atoms with Crippen molar-refractivity contribution in [3.8, 4) is 5.75 Å². The fourth-order valence-corrected chi connectivity index (χ4v) is 4.15. The van der Waals surface area contributed by atoms with Gasteiger partial charge in [-0.05, 0) is 41.0 Å². The van der Waals surface area contributed by atoms with Gasteiger partial charge in [0.15, 0.2) is 0 Å². The van der Waals surface area contributed by atoms with Crippen LogP contribution in [-0.4, -0.2) is 43.9 Å². The van der Waals surface area contributed by atoms with Crippen LogP contribution < -0.4 is 15.4 Å². The lowest BCUT2D eigenvalue weighted by atomic mass is 9.77. The van der Waals surface area contributed by atoms with Crippen LogP contribution in [0.15, 0.2) is 72.8 Å². The Morgan fingerprint density at radius 1 is 0.837 bits per heavy atom. The van der Waals surface area contributed by atoms with Gasteiger partial charge in [0.1, 0.15) is 23.4 Å². The first-order valence-corrected chi connectivity index (χ1v) is 12.2. The molecule has 3 rings (SSSR count). The second-order valence-electron chi connectivity index (χ2n) is 9.19. The smallest absolute Gasteiger partial charge is 0.461 e. The molecule has 3 aromatic rings. The molecule has 0 aliphatic heterocycles. The number of ether oxygens (including phenoxy) is 2. The van der Waals surface area contributed by atoms with Gasteiger partial charge in [-0.25, -0.2) is 13.6 Å². The molecule has 6 nitrogen and oxygen atoms in total. The molecule has 0 aliphatic rings. The van der Waals surface area contributed by atoms with E-state index < -0.39 is 78.1 Å². The van der Waals surface area contributed by atoms with Gasteiger partial charge in [-0.15, -0.1) is 0 Å². The van der Waals surface area contributed by atoms with Gasteiger partial charge >= 0.3 is 30.7 Å². The Morgan fingerprint density at radius 2 is 1.47 bits per heavy atom. The van der Waals surface area contributed by atoms with E-state index in [2.05, 4.69) is 14.8 Å². The highest BCUT2D eigenvalue weighted by molar-refractivity contribution is 5.78. The number of carbonyl (C=O) groups is 2. The summed E-state index contributed by atoms with van der Waals surface area (Å²) in [6, 6.07) is 9.11. The summed E-state index contributed by atoms with van der Waals surface area (Å²) >= 11 is 0. The molecule has 0 saturated heterocycles. The minimum atomic E-state index is -5.15. The molecule has 2 amide bonds. The standard InChI is InChI=1S/C28H23F9N2O4/c1-42-23(40)14-22(27(33,34)35)38-25(41)39-26(15-16-5-3-2-4-6-16,17-7-9-19(29)10-8-17)18-11-20(30)13-21(12-18)43-28(36,37)24(31)32/h2-13,22,24H,14-15H2,1H3,(H2,38,39,41)/t22?,26-/m1/s1. The second kappa shape index (κ2) is 13.3. The summed E-state index contributed by atoms with van der Waals surface area (Å²) < 4.78 is 131. The lowest BCUT2D eigenvalue weighted by molar-refractivity contribution is -0.253. The van der Waals surface area contributed by atoms with Crippen molar-refractivity contribution in [3.63, 3.8) is 0 Å². The molecule has 2 N–H and O–H groups in total. The van der Waals surface area contributed by atoms with Gasteiger partial charge in [-0.3, -0.25) is 4.79 Å². The Kier molecular flexibility index (Phi) is 10.2. The zero-order valence-corrected chi connectivity index (χ0v) is 22.0. The van der Waals surface area contributed by atoms with Crippen LogP contribution in [0.2, 0.25) is 0 Å². The second-order valence-corrected chi connectivity index (χ2v) is 9.19. The third-order valence-electron chi connectivity index (χ3n) is 6.15. The number of hydrogen-bond donors (Lipinski definition) is 2. The summed E-state index contributed by atoms with van der Waals surface area (Å²) in [6.07, 6.45) is -16.3. The molecular weight excluding hydrogens is 599 g/mol. The molecule has 0 radical (unpaired) electrons. The van der Waals surface area contributed by atoms with E-state index in [0.29, 0.717) is 23.8 Å². The Balaban J connectivity index is 2.22. The van der Waals surface area contributed by atoms with Crippen molar-refractivity contribution >= 4 is 12.0 Å². The van der Waals surface area contributed by atoms with E-state index in [1.165, 1.54) is 12.1 Å². The number of nitrogens with one attached hydrogen (secondary N) is 2. The average molecular weight is 622 g/mol. The number of hydrogen-bond acceptors (Lipinski definition) is 4. The Morgan fingerprint density at radius 3 is 2.02 bits per heavy atom. The Labute approximate surface area is 238 Å². The molecule has 0 saturated carbocycles. The van der Waals surface area contributed by atoms with Crippen LogP contribution in [0.5, 0.6) is 5.75 Å². The number of alkyl halides is 7. The predicted molar refractivity (Wildman–Crippen MR) is 133 cm³/mol. The first-order chi connectivity index (χ1) is 20.1. The lowest BCUT2D eigenvalue weighted by Gasteiger charge is -2.37. The molecule has 2 atom stereocenters. The van der Waals surface area contributed by atoms with E-state index >= 15 is 0 Å². The predicted octanol–water partition coefficient (Wildman–Crippen LogP) is 6.48. The molecule has 0 spiro atoms. The van der Waals surface area contributed by atoms with Crippen molar-refractivity contribution in [1.82, 2.24) is 10.6 Å². The highest BCUT2D eigenvalue weighted by Gasteiger charge is 2.46. The van der Waals surface area contributed by atoms with Crippen molar-refractivity contribution in [3.05, 3.63) is 101 Å². The lowest BCUT2D eigenvalue weighted by Crippen LogP contribution is -2.57. The monoisotopic (exact) mass is 622 g/mol. The molecular formula is C28H23F9N2O4. The minimum absolute atomic E-state index is 0.0819. The van der Waals surface area contributed by atoms with E-state index in [1.54, 1.807) is 23.5 Å². The molecule has 3 aromatic carbocycles. The van der Waals surface area contributed by atoms with Crippen molar-refractivity contribution in [2.45, 2.75) is 43.1 Å². The summed E-state index contributed by atoms with van der Waals surface area (Å²) in [5.74, 6) is -4.51. The molecule has 0 fully saturated rings. The van der Waals surface area contributed by atoms with Crippen molar-refractivity contribution < 1.29 is 58.6 Å². The summed E-state index contributed by atoms with van der Waals surface area (Å²) in [4.78, 5) is 24.8. The number of rotatable bonds is 11. The Bertz CT molecular complexity index is 1400. The van der Waals surface area contributed by atoms with Gasteiger partial charge in [-0.2, -0.15) is 30.7 Å². The Hall–Kier alpha value is -4.43. The van der Waals surface area contributed by atoms with Crippen LogP contribution in [0.25, 0.3) is 0 Å². The number of halogens is 9. The van der Waals surface area contributed by atoms with Crippen molar-refractivity contribution in [2.24, 2.45) is 0 Å². The summed E-state index contributed by atoms with van der Waals surface area (Å²) in [5, 5.41) is 3.88. The normalized spacial score (nSPS) is 14.0. The molecule has 0 bridgehead atoms. The third-order valence-corrected chi connectivity index (χ3v) is 6.15. The number of amides is 2. The van der Waals surface area contributed by atoms with Gasteiger partial charge in [0.05, 0.1) is 19.1 Å². The number of benzene rings is 3. The highest BCUT2D eigenvalue weighted by Crippen LogP contribution is 2.38. The average Bonchev–Trinajstić information content (AvgIpc) is 2.92. The van der Waals surface area contributed by atoms with Gasteiger partial charge in [0.25, 0.3) is 0 Å². The number of carbonyl (C=O) groups excluding carboxylic acids is 2. The van der Waals surface area contributed by atoms with Gasteiger partial charge in [-0.1, -0.05) is 42.5 Å². The molecule has 15 heteroatoms. The van der Waals surface area contributed by atoms with E-state index in [9.17, 15) is 49.1 Å². The van der Waals surface area contributed by atoms with Crippen LogP contribution in [0.4, 0.5) is 44.3 Å². The molecule has 43 heavy (non-hydrogen) atoms. The first kappa shape index (κ1) is 33.1. The number of urea groups is 1. The molecule has 232 valence electrons. The zero-order chi connectivity index (χ0) is 32.0. The SMILES string of the molecule is COC(=O)CC(NC(=O)N[C@](Cc1ccccc1)(c1ccc(F)cc1)c1cc(F)cc(OC(F)(F)C(F)F)c1)C(F)(F)F.